The standard InChI is InChI=1S/C16H25N/c1-12(16(2,3)4)17-15-10-14(11-15)13-8-6-5-7-9-13/h5-9,12,14-15,17H,10-11H2,1-4H3. The van der Waals surface area contributed by atoms with Crippen molar-refractivity contribution in [2.24, 2.45) is 5.41 Å². The van der Waals surface area contributed by atoms with Gasteiger partial charge in [-0.2, -0.15) is 0 Å². The molecule has 0 radical (unpaired) electrons. The second-order valence-electron chi connectivity index (χ2n) is 6.53. The van der Waals surface area contributed by atoms with Crippen molar-refractivity contribution in [3.05, 3.63) is 35.9 Å². The zero-order valence-corrected chi connectivity index (χ0v) is 11.5. The Morgan fingerprint density at radius 2 is 1.71 bits per heavy atom. The van der Waals surface area contributed by atoms with E-state index in [1.165, 1.54) is 18.4 Å². The molecule has 1 aliphatic carbocycles. The van der Waals surface area contributed by atoms with Crippen molar-refractivity contribution in [1.29, 1.82) is 0 Å². The van der Waals surface area contributed by atoms with Crippen molar-refractivity contribution in [2.75, 3.05) is 0 Å². The first-order chi connectivity index (χ1) is 7.97. The fraction of sp³-hybridized carbons (Fsp3) is 0.625. The maximum absolute atomic E-state index is 3.76. The van der Waals surface area contributed by atoms with Crippen LogP contribution in [0.3, 0.4) is 0 Å². The van der Waals surface area contributed by atoms with E-state index in [4.69, 9.17) is 0 Å². The lowest BCUT2D eigenvalue weighted by atomic mass is 9.74. The van der Waals surface area contributed by atoms with Crippen LogP contribution in [-0.2, 0) is 0 Å². The highest BCUT2D eigenvalue weighted by Crippen LogP contribution is 2.37. The molecule has 1 heteroatoms. The fourth-order valence-electron chi connectivity index (χ4n) is 2.35. The molecule has 1 aromatic rings. The second kappa shape index (κ2) is 4.81. The SMILES string of the molecule is CC(NC1CC(c2ccccc2)C1)C(C)(C)C. The maximum Gasteiger partial charge on any atom is 0.00898 e. The van der Waals surface area contributed by atoms with Gasteiger partial charge in [-0.15, -0.1) is 0 Å². The van der Waals surface area contributed by atoms with Crippen LogP contribution in [0.25, 0.3) is 0 Å². The van der Waals surface area contributed by atoms with Gasteiger partial charge in [-0.3, -0.25) is 0 Å². The van der Waals surface area contributed by atoms with E-state index in [1.54, 1.807) is 0 Å². The molecule has 2 rings (SSSR count). The summed E-state index contributed by atoms with van der Waals surface area (Å²) >= 11 is 0. The van der Waals surface area contributed by atoms with Gasteiger partial charge < -0.3 is 5.32 Å². The van der Waals surface area contributed by atoms with Gasteiger partial charge in [-0.05, 0) is 36.7 Å². The number of hydrogen-bond donors (Lipinski definition) is 1. The van der Waals surface area contributed by atoms with E-state index in [1.807, 2.05) is 0 Å². The largest absolute Gasteiger partial charge is 0.311 e. The van der Waals surface area contributed by atoms with Gasteiger partial charge in [0.15, 0.2) is 0 Å². The maximum atomic E-state index is 3.76. The molecule has 1 atom stereocenters. The topological polar surface area (TPSA) is 12.0 Å². The quantitative estimate of drug-likeness (QED) is 0.830. The van der Waals surface area contributed by atoms with Crippen LogP contribution < -0.4 is 5.32 Å². The zero-order valence-electron chi connectivity index (χ0n) is 11.5. The second-order valence-corrected chi connectivity index (χ2v) is 6.53. The molecule has 0 saturated heterocycles. The van der Waals surface area contributed by atoms with Crippen LogP contribution in [0, 0.1) is 5.41 Å². The van der Waals surface area contributed by atoms with Gasteiger partial charge in [0, 0.05) is 12.1 Å². The molecule has 0 heterocycles. The third-order valence-corrected chi connectivity index (χ3v) is 4.19. The van der Waals surface area contributed by atoms with Gasteiger partial charge in [0.05, 0.1) is 0 Å². The molecule has 1 aromatic carbocycles. The molecule has 0 aliphatic heterocycles. The Morgan fingerprint density at radius 1 is 1.12 bits per heavy atom. The monoisotopic (exact) mass is 231 g/mol. The summed E-state index contributed by atoms with van der Waals surface area (Å²) in [5.41, 5.74) is 1.87. The predicted molar refractivity (Wildman–Crippen MR) is 74.3 cm³/mol. The molecule has 0 aromatic heterocycles. The van der Waals surface area contributed by atoms with E-state index < -0.39 is 0 Å². The molecular weight excluding hydrogens is 206 g/mol. The first-order valence-corrected chi connectivity index (χ1v) is 6.78. The minimum Gasteiger partial charge on any atom is -0.311 e. The smallest absolute Gasteiger partial charge is 0.00898 e. The molecule has 1 unspecified atom stereocenters. The first-order valence-electron chi connectivity index (χ1n) is 6.78. The van der Waals surface area contributed by atoms with Crippen LogP contribution in [0.2, 0.25) is 0 Å². The van der Waals surface area contributed by atoms with Crippen molar-refractivity contribution >= 4 is 0 Å². The predicted octanol–water partition coefficient (Wildman–Crippen LogP) is 3.96. The molecule has 1 fully saturated rings. The van der Waals surface area contributed by atoms with Gasteiger partial charge in [-0.1, -0.05) is 51.1 Å². The number of rotatable bonds is 3. The highest BCUT2D eigenvalue weighted by Gasteiger charge is 2.32. The van der Waals surface area contributed by atoms with Gasteiger partial charge in [-0.25, -0.2) is 0 Å². The van der Waals surface area contributed by atoms with Crippen LogP contribution >= 0.6 is 0 Å². The third kappa shape index (κ3) is 3.10. The number of hydrogen-bond acceptors (Lipinski definition) is 1. The highest BCUT2D eigenvalue weighted by molar-refractivity contribution is 5.22. The van der Waals surface area contributed by atoms with Crippen molar-refractivity contribution in [3.63, 3.8) is 0 Å². The van der Waals surface area contributed by atoms with Crippen molar-refractivity contribution in [1.82, 2.24) is 5.32 Å². The van der Waals surface area contributed by atoms with E-state index in [0.29, 0.717) is 11.5 Å². The van der Waals surface area contributed by atoms with Gasteiger partial charge in [0.1, 0.15) is 0 Å². The van der Waals surface area contributed by atoms with Crippen LogP contribution in [0.15, 0.2) is 30.3 Å². The first kappa shape index (κ1) is 12.6. The van der Waals surface area contributed by atoms with Gasteiger partial charge in [0.2, 0.25) is 0 Å². The lowest BCUT2D eigenvalue weighted by molar-refractivity contribution is 0.203. The molecule has 1 aliphatic rings. The normalized spacial score (nSPS) is 26.4. The Balaban J connectivity index is 1.80. The average Bonchev–Trinajstić information content (AvgIpc) is 2.22. The Bertz CT molecular complexity index is 344. The van der Waals surface area contributed by atoms with Crippen molar-refractivity contribution in [3.8, 4) is 0 Å². The molecule has 94 valence electrons. The van der Waals surface area contributed by atoms with Crippen LogP contribution in [0.1, 0.15) is 52.0 Å². The molecule has 1 N–H and O–H groups in total. The lowest BCUT2D eigenvalue weighted by Gasteiger charge is -2.41. The molecule has 0 amide bonds. The van der Waals surface area contributed by atoms with E-state index in [0.717, 1.165) is 12.0 Å². The lowest BCUT2D eigenvalue weighted by Crippen LogP contribution is -2.49. The molecule has 1 saturated carbocycles. The number of benzene rings is 1. The molecule has 0 bridgehead atoms. The van der Waals surface area contributed by atoms with Crippen LogP contribution in [0.5, 0.6) is 0 Å². The Morgan fingerprint density at radius 3 is 2.24 bits per heavy atom. The molecule has 1 nitrogen and oxygen atoms in total. The summed E-state index contributed by atoms with van der Waals surface area (Å²) in [6, 6.07) is 12.2. The summed E-state index contributed by atoms with van der Waals surface area (Å²) in [5, 5.41) is 3.76. The summed E-state index contributed by atoms with van der Waals surface area (Å²) in [6.45, 7) is 9.21. The number of nitrogens with one attached hydrogen (secondary N) is 1. The van der Waals surface area contributed by atoms with Gasteiger partial charge >= 0.3 is 0 Å². The fourth-order valence-corrected chi connectivity index (χ4v) is 2.35. The molecule has 0 spiro atoms. The average molecular weight is 231 g/mol. The molecular formula is C16H25N. The summed E-state index contributed by atoms with van der Waals surface area (Å²) in [6.07, 6.45) is 2.59. The summed E-state index contributed by atoms with van der Waals surface area (Å²) in [4.78, 5) is 0. The van der Waals surface area contributed by atoms with Gasteiger partial charge in [0.25, 0.3) is 0 Å². The van der Waals surface area contributed by atoms with Crippen LogP contribution in [0.4, 0.5) is 0 Å². The van der Waals surface area contributed by atoms with E-state index >= 15 is 0 Å². The van der Waals surface area contributed by atoms with E-state index in [-0.39, 0.29) is 0 Å². The summed E-state index contributed by atoms with van der Waals surface area (Å²) in [5.74, 6) is 0.779. The minimum atomic E-state index is 0.359. The Kier molecular flexibility index (Phi) is 3.58. The zero-order chi connectivity index (χ0) is 12.5. The third-order valence-electron chi connectivity index (χ3n) is 4.19. The van der Waals surface area contributed by atoms with E-state index in [2.05, 4.69) is 63.3 Å². The van der Waals surface area contributed by atoms with Crippen molar-refractivity contribution < 1.29 is 0 Å². The Hall–Kier alpha value is -0.820. The summed E-state index contributed by atoms with van der Waals surface area (Å²) in [7, 11) is 0. The Labute approximate surface area is 106 Å². The van der Waals surface area contributed by atoms with Crippen LogP contribution in [-0.4, -0.2) is 12.1 Å². The van der Waals surface area contributed by atoms with Crippen molar-refractivity contribution in [2.45, 2.75) is 58.5 Å². The highest BCUT2D eigenvalue weighted by atomic mass is 15.0. The van der Waals surface area contributed by atoms with E-state index in [9.17, 15) is 0 Å². The summed E-state index contributed by atoms with van der Waals surface area (Å²) < 4.78 is 0. The molecule has 17 heavy (non-hydrogen) atoms. The minimum absolute atomic E-state index is 0.359.